The number of amides is 19. The highest BCUT2D eigenvalue weighted by Gasteiger charge is 2.40. The normalized spacial score (nSPS) is 14.6. The first-order valence-corrected chi connectivity index (χ1v) is 51.7. The van der Waals surface area contributed by atoms with Crippen LogP contribution in [-0.4, -0.2) is 262 Å². The summed E-state index contributed by atoms with van der Waals surface area (Å²) in [6.07, 6.45) is 5.58. The van der Waals surface area contributed by atoms with E-state index in [2.05, 4.69) is 90.5 Å². The summed E-state index contributed by atoms with van der Waals surface area (Å²) in [5, 5.41) is 43.5. The molecule has 15 atom stereocenters. The van der Waals surface area contributed by atoms with Crippen molar-refractivity contribution in [2.24, 2.45) is 98.7 Å². The average molecular weight is 2030 g/mol. The minimum atomic E-state index is -1.73. The predicted octanol–water partition coefficient (Wildman–Crippen LogP) is -3.41. The van der Waals surface area contributed by atoms with Crippen molar-refractivity contribution in [2.75, 3.05) is 58.9 Å². The molecule has 0 spiro atoms. The van der Waals surface area contributed by atoms with E-state index in [1.54, 1.807) is 55.4 Å². The van der Waals surface area contributed by atoms with Gasteiger partial charge in [0.15, 0.2) is 0 Å². The zero-order chi connectivity index (χ0) is 108. The molecule has 0 heterocycles. The number of hydrogen-bond donors (Lipinski definition) is 28. The van der Waals surface area contributed by atoms with Crippen molar-refractivity contribution in [1.82, 2.24) is 90.5 Å². The second-order valence-corrected chi connectivity index (χ2v) is 39.7. The molecule has 143 heavy (non-hydrogen) atoms. The molecule has 0 aromatic heterocycles. The fraction of sp³-hybridized carbons (Fsp3) is 0.802. The molecule has 822 valence electrons. The van der Waals surface area contributed by atoms with Gasteiger partial charge in [0.25, 0.3) is 0 Å². The summed E-state index contributed by atoms with van der Waals surface area (Å²) in [5.74, 6) is -11.1. The zero-order valence-electron chi connectivity index (χ0n) is 87.3. The lowest BCUT2D eigenvalue weighted by molar-refractivity contribution is -0.137. The van der Waals surface area contributed by atoms with Gasteiger partial charge in [0.2, 0.25) is 112 Å². The number of hydrogen-bond acceptors (Lipinski definition) is 28. The van der Waals surface area contributed by atoms with E-state index in [0.29, 0.717) is 103 Å². The summed E-state index contributed by atoms with van der Waals surface area (Å²) in [6, 6.07) is -20.3. The van der Waals surface area contributed by atoms with Crippen molar-refractivity contribution in [3.63, 3.8) is 0 Å². The Morgan fingerprint density at radius 1 is 0.203 bits per heavy atom. The van der Waals surface area contributed by atoms with Gasteiger partial charge in [-0.1, -0.05) is 89.5 Å². The number of hydrazine groups is 1. The first-order valence-electron chi connectivity index (χ1n) is 51.7. The van der Waals surface area contributed by atoms with Crippen LogP contribution in [0.15, 0.2) is 0 Å². The minimum Gasteiger partial charge on any atom is -0.370 e. The van der Waals surface area contributed by atoms with Gasteiger partial charge < -0.3 is 142 Å². The number of carbonyl (C=O) groups excluding carboxylic acids is 19. The van der Waals surface area contributed by atoms with Crippen LogP contribution in [0.5, 0.6) is 0 Å². The Bertz CT molecular complexity index is 3850. The van der Waals surface area contributed by atoms with Crippen molar-refractivity contribution >= 4 is 112 Å². The second kappa shape index (κ2) is 77.1. The van der Waals surface area contributed by atoms with E-state index in [-0.39, 0.29) is 190 Å². The third-order valence-corrected chi connectivity index (χ3v) is 23.4. The molecule has 0 saturated carbocycles. The van der Waals surface area contributed by atoms with Gasteiger partial charge in [-0.05, 0) is 280 Å². The van der Waals surface area contributed by atoms with Crippen LogP contribution < -0.4 is 154 Å². The Balaban J connectivity index is 7.55. The molecule has 0 bridgehead atoms. The summed E-state index contributed by atoms with van der Waals surface area (Å²) >= 11 is 0. The number of carbonyl (C=O) groups is 19. The van der Waals surface area contributed by atoms with Crippen LogP contribution in [0.2, 0.25) is 0 Å². The van der Waals surface area contributed by atoms with Crippen LogP contribution >= 0.6 is 0 Å². The Labute approximate surface area is 846 Å². The fourth-order valence-electron chi connectivity index (χ4n) is 15.6. The lowest BCUT2D eigenvalue weighted by Crippen LogP contribution is -2.61. The first kappa shape index (κ1) is 133. The maximum absolute atomic E-state index is 14.9. The van der Waals surface area contributed by atoms with Crippen LogP contribution in [-0.2, 0) is 91.1 Å². The van der Waals surface area contributed by atoms with E-state index in [1.165, 1.54) is 0 Å². The SMILES string of the molecule is CC(C)C[C@H](NC(=O)[C@H](CCCCN)NC(=O)[C@H](CC(C)C)NC(=O)[C@H](CC(C)C)NC(=O)[C@H](CCCCN)NC(=O)[C@H](CCCCN)NC(=O)[C@H](CCC(N)=O)NC(=O)[C@H](CCC(N)=O)NC(=O)[C@H](CCCCN)NC(=O)[C@H](CC(C)C)NC(=O)[C@H](CC(C)C)NC(=O)[C@H](CCCCN)NC(=O)[C@H](CCCCN)NC(=O)[C@@H](N)CC(C)C)C(=O)N[C@@H](CCCCN)C(=O)NCC(=O)NCCCCCC(=O)NN. The van der Waals surface area contributed by atoms with E-state index in [1.807, 2.05) is 27.7 Å². The van der Waals surface area contributed by atoms with Gasteiger partial charge in [-0.15, -0.1) is 0 Å². The summed E-state index contributed by atoms with van der Waals surface area (Å²) in [4.78, 5) is 268. The molecule has 19 amide bonds. The van der Waals surface area contributed by atoms with Crippen LogP contribution in [0.4, 0.5) is 0 Å². The summed E-state index contributed by atoms with van der Waals surface area (Å²) in [6.45, 7) is 23.1. The summed E-state index contributed by atoms with van der Waals surface area (Å²) < 4.78 is 0. The molecule has 0 saturated heterocycles. The van der Waals surface area contributed by atoms with Gasteiger partial charge in [0.1, 0.15) is 84.6 Å². The molecule has 39 N–H and O–H groups in total. The average Bonchev–Trinajstić information content (AvgIpc) is 0.852. The largest absolute Gasteiger partial charge is 0.370 e. The van der Waals surface area contributed by atoms with E-state index in [4.69, 9.17) is 63.2 Å². The molecule has 0 unspecified atom stereocenters. The second-order valence-electron chi connectivity index (χ2n) is 39.7. The smallest absolute Gasteiger partial charge is 0.243 e. The van der Waals surface area contributed by atoms with Crippen LogP contribution in [0.1, 0.15) is 308 Å². The minimum absolute atomic E-state index is 0.0109. The lowest BCUT2D eigenvalue weighted by atomic mass is 9.98. The zero-order valence-corrected chi connectivity index (χ0v) is 87.3. The summed E-state index contributed by atoms with van der Waals surface area (Å²) in [7, 11) is 0. The Morgan fingerprint density at radius 3 is 0.601 bits per heavy atom. The molecule has 0 radical (unpaired) electrons. The highest BCUT2D eigenvalue weighted by atomic mass is 16.2. The molecule has 0 aromatic carbocycles. The first-order chi connectivity index (χ1) is 67.6. The van der Waals surface area contributed by atoms with Gasteiger partial charge in [0, 0.05) is 25.8 Å². The van der Waals surface area contributed by atoms with Crippen molar-refractivity contribution < 1.29 is 91.1 Å². The maximum atomic E-state index is 14.9. The fourth-order valence-corrected chi connectivity index (χ4v) is 15.6. The molecule has 0 fully saturated rings. The molecule has 0 aliphatic carbocycles. The van der Waals surface area contributed by atoms with Crippen LogP contribution in [0.25, 0.3) is 0 Å². The highest BCUT2D eigenvalue weighted by molar-refractivity contribution is 6.01. The number of unbranched alkanes of at least 4 members (excludes halogenated alkanes) is 9. The van der Waals surface area contributed by atoms with E-state index in [0.717, 1.165) is 0 Å². The Morgan fingerprint density at radius 2 is 0.399 bits per heavy atom. The molecule has 0 aromatic rings. The number of primary amides is 2. The molecule has 47 nitrogen and oxygen atoms in total. The van der Waals surface area contributed by atoms with E-state index >= 15 is 0 Å². The van der Waals surface area contributed by atoms with Crippen molar-refractivity contribution in [1.29, 1.82) is 0 Å². The van der Waals surface area contributed by atoms with Crippen LogP contribution in [0, 0.1) is 35.5 Å². The van der Waals surface area contributed by atoms with Gasteiger partial charge >= 0.3 is 0 Å². The molecule has 0 aliphatic heterocycles. The molecular weight excluding hydrogens is 1850 g/mol. The molecule has 47 heteroatoms. The third-order valence-electron chi connectivity index (χ3n) is 23.4. The third kappa shape index (κ3) is 60.8. The van der Waals surface area contributed by atoms with Gasteiger partial charge in [0.05, 0.1) is 12.6 Å². The maximum Gasteiger partial charge on any atom is 0.243 e. The van der Waals surface area contributed by atoms with Gasteiger partial charge in [-0.3, -0.25) is 96.5 Å². The standard InChI is InChI=1S/C96H184N28O19/c1-57(2)50-63(104)82(129)110-65(31-16-23-43-98)84(131)112-68(34-19-26-46-101)87(134)120-76(54-61(9)10)95(142)122-74(52-59(5)6)93(140)115-67(33-18-25-45-100)86(133)117-72(39-41-79(106)126)91(138)118-71(38-40-78(105)125)90(137)114-66(32-17-24-44-99)85(132)113-69(35-20-27-47-102)88(135)121-77(55-62(11)12)96(143)123-75(53-60(7)8)94(141)116-70(36-21-28-48-103)89(136)119-73(51-58(3)4)92(139)111-64(30-15-22-42-97)83(130)109-56-81(128)108-49-29-13-14-37-80(127)124-107/h57-77H,13-56,97-104,107H2,1-12H3,(H2,105,125)(H2,106,126)(H,108,128)(H,109,130)(H,110,129)(H,111,139)(H,112,131)(H,113,132)(H,114,137)(H,115,140)(H,116,141)(H,117,133)(H,118,138)(H,119,136)(H,120,134)(H,121,135)(H,122,142)(H,123,143)(H,124,127)/t63-,64-,65-,66-,67-,68-,69-,70-,71-,72-,73-,74-,75-,76-,77-/m0/s1. The number of nitrogens with one attached hydrogen (secondary N) is 17. The molecule has 0 rings (SSSR count). The summed E-state index contributed by atoms with van der Waals surface area (Å²) in [5.41, 5.74) is 60.6. The monoisotopic (exact) mass is 2030 g/mol. The van der Waals surface area contributed by atoms with Crippen molar-refractivity contribution in [3.8, 4) is 0 Å². The van der Waals surface area contributed by atoms with E-state index < -0.39 is 229 Å². The van der Waals surface area contributed by atoms with Gasteiger partial charge in [-0.25, -0.2) is 5.84 Å². The Hall–Kier alpha value is -10.4. The van der Waals surface area contributed by atoms with Crippen molar-refractivity contribution in [3.05, 3.63) is 0 Å². The number of rotatable bonds is 83. The topological polar surface area (TPSA) is 815 Å². The Kier molecular flexibility index (Phi) is 71.5. The highest BCUT2D eigenvalue weighted by Crippen LogP contribution is 2.19. The molecule has 0 aliphatic rings. The quantitative estimate of drug-likeness (QED) is 0.0122. The van der Waals surface area contributed by atoms with Gasteiger partial charge in [-0.2, -0.15) is 0 Å². The van der Waals surface area contributed by atoms with E-state index in [9.17, 15) is 91.1 Å². The predicted molar refractivity (Wildman–Crippen MR) is 546 cm³/mol. The van der Waals surface area contributed by atoms with Crippen molar-refractivity contribution in [2.45, 2.75) is 398 Å². The lowest BCUT2D eigenvalue weighted by Gasteiger charge is -2.29. The molecular formula is C96H184N28O19. The van der Waals surface area contributed by atoms with Crippen LogP contribution in [0.3, 0.4) is 0 Å². The number of nitrogens with two attached hydrogens (primary N) is 11.